The summed E-state index contributed by atoms with van der Waals surface area (Å²) in [5.41, 5.74) is 1.99. The molecule has 0 radical (unpaired) electrons. The maximum Gasteiger partial charge on any atom is 0.304 e. The van der Waals surface area contributed by atoms with Crippen LogP contribution in [0.15, 0.2) is 48.5 Å². The van der Waals surface area contributed by atoms with Crippen LogP contribution in [0.4, 0.5) is 10.1 Å². The molecule has 10 heteroatoms. The summed E-state index contributed by atoms with van der Waals surface area (Å²) in [7, 11) is -1.36. The zero-order chi connectivity index (χ0) is 27.2. The fraction of sp³-hybridized carbons (Fsp3) is 0.481. The molecule has 1 aliphatic rings. The van der Waals surface area contributed by atoms with Crippen molar-refractivity contribution < 1.29 is 22.4 Å². The van der Waals surface area contributed by atoms with Gasteiger partial charge in [0.2, 0.25) is 11.8 Å². The van der Waals surface area contributed by atoms with E-state index in [-0.39, 0.29) is 24.2 Å². The van der Waals surface area contributed by atoms with Gasteiger partial charge in [0.15, 0.2) is 0 Å². The van der Waals surface area contributed by atoms with Crippen molar-refractivity contribution in [3.05, 3.63) is 65.5 Å². The lowest BCUT2D eigenvalue weighted by molar-refractivity contribution is -0.139. The van der Waals surface area contributed by atoms with Crippen LogP contribution in [-0.4, -0.2) is 62.2 Å². The van der Waals surface area contributed by atoms with Crippen LogP contribution in [0.2, 0.25) is 0 Å². The van der Waals surface area contributed by atoms with Gasteiger partial charge < -0.3 is 10.2 Å². The Morgan fingerprint density at radius 1 is 1.05 bits per heavy atom. The topological polar surface area (TPSA) is 90.0 Å². The summed E-state index contributed by atoms with van der Waals surface area (Å²) >= 11 is 0. The first kappa shape index (κ1) is 28.6. The van der Waals surface area contributed by atoms with Crippen molar-refractivity contribution in [1.29, 1.82) is 0 Å². The summed E-state index contributed by atoms with van der Waals surface area (Å²) in [5, 5.41) is 3.08. The molecule has 0 aliphatic heterocycles. The molecular weight excluding hydrogens is 495 g/mol. The third kappa shape index (κ3) is 7.52. The Labute approximate surface area is 219 Å². The third-order valence-corrected chi connectivity index (χ3v) is 8.51. The van der Waals surface area contributed by atoms with Crippen molar-refractivity contribution in [3.63, 3.8) is 0 Å². The number of anilines is 1. The number of nitrogens with zero attached hydrogens (tertiary/aromatic N) is 3. The number of hydrogen-bond acceptors (Lipinski definition) is 4. The Hall–Kier alpha value is -2.98. The van der Waals surface area contributed by atoms with E-state index < -0.39 is 34.5 Å². The van der Waals surface area contributed by atoms with Gasteiger partial charge in [-0.3, -0.25) is 9.59 Å². The molecule has 0 saturated heterocycles. The molecule has 2 aromatic rings. The van der Waals surface area contributed by atoms with Crippen LogP contribution >= 0.6 is 0 Å². The minimum absolute atomic E-state index is 0.0736. The molecule has 0 aromatic heterocycles. The van der Waals surface area contributed by atoms with Crippen molar-refractivity contribution in [2.45, 2.75) is 64.6 Å². The number of carbonyl (C=O) groups excluding carboxylic acids is 2. The molecule has 1 aliphatic carbocycles. The molecule has 0 bridgehead atoms. The second-order valence-electron chi connectivity index (χ2n) is 9.80. The highest BCUT2D eigenvalue weighted by Crippen LogP contribution is 2.22. The monoisotopic (exact) mass is 532 g/mol. The molecule has 1 saturated carbocycles. The van der Waals surface area contributed by atoms with E-state index in [9.17, 15) is 22.4 Å². The molecule has 3 rings (SSSR count). The molecule has 202 valence electrons. The molecule has 1 atom stereocenters. The molecule has 1 fully saturated rings. The minimum atomic E-state index is -4.09. The molecular formula is C27H37FN4O4S. The van der Waals surface area contributed by atoms with Crippen molar-refractivity contribution in [2.24, 2.45) is 0 Å². The summed E-state index contributed by atoms with van der Waals surface area (Å²) in [6.45, 7) is 3.20. The van der Waals surface area contributed by atoms with Crippen molar-refractivity contribution in [3.8, 4) is 0 Å². The molecule has 2 amide bonds. The van der Waals surface area contributed by atoms with Crippen LogP contribution in [0.1, 0.15) is 50.2 Å². The molecule has 2 aromatic carbocycles. The van der Waals surface area contributed by atoms with Gasteiger partial charge >= 0.3 is 10.2 Å². The minimum Gasteiger partial charge on any atom is -0.352 e. The van der Waals surface area contributed by atoms with Gasteiger partial charge in [0, 0.05) is 26.7 Å². The molecule has 0 unspecified atom stereocenters. The third-order valence-electron chi connectivity index (χ3n) is 6.69. The van der Waals surface area contributed by atoms with Crippen LogP contribution in [0, 0.1) is 12.7 Å². The highest BCUT2D eigenvalue weighted by molar-refractivity contribution is 7.90. The zero-order valence-corrected chi connectivity index (χ0v) is 22.8. The number of amides is 2. The average Bonchev–Trinajstić information content (AvgIpc) is 2.86. The van der Waals surface area contributed by atoms with Gasteiger partial charge in [-0.2, -0.15) is 12.7 Å². The first-order valence-corrected chi connectivity index (χ1v) is 14.0. The Kier molecular flexibility index (Phi) is 9.67. The number of hydrogen-bond donors (Lipinski definition) is 1. The summed E-state index contributed by atoms with van der Waals surface area (Å²) < 4.78 is 41.8. The number of rotatable bonds is 10. The van der Waals surface area contributed by atoms with Gasteiger partial charge in [-0.25, -0.2) is 8.70 Å². The number of nitrogens with one attached hydrogen (secondary N) is 1. The summed E-state index contributed by atoms with van der Waals surface area (Å²) in [6, 6.07) is 11.8. The number of aryl methyl sites for hydroxylation is 1. The lowest BCUT2D eigenvalue weighted by atomic mass is 9.95. The van der Waals surface area contributed by atoms with E-state index in [0.717, 1.165) is 64.0 Å². The smallest absolute Gasteiger partial charge is 0.304 e. The van der Waals surface area contributed by atoms with Gasteiger partial charge in [-0.15, -0.1) is 0 Å². The van der Waals surface area contributed by atoms with E-state index in [1.165, 1.54) is 31.1 Å². The Balaban J connectivity index is 1.91. The quantitative estimate of drug-likeness (QED) is 0.506. The van der Waals surface area contributed by atoms with Crippen LogP contribution in [0.3, 0.4) is 0 Å². The molecule has 1 N–H and O–H groups in total. The zero-order valence-electron chi connectivity index (χ0n) is 22.0. The lowest BCUT2D eigenvalue weighted by Crippen LogP contribution is -2.53. The van der Waals surface area contributed by atoms with Crippen molar-refractivity contribution in [2.75, 3.05) is 24.9 Å². The Morgan fingerprint density at radius 3 is 2.30 bits per heavy atom. The van der Waals surface area contributed by atoms with Gasteiger partial charge in [0.05, 0.1) is 5.69 Å². The van der Waals surface area contributed by atoms with Crippen LogP contribution in [-0.2, 0) is 26.3 Å². The SMILES string of the molecule is Cc1cccc(CN(C(=O)CN(c2ccc(F)cc2)S(=O)(=O)N(C)C)[C@H](C)C(=O)NC2CCCCC2)c1. The van der Waals surface area contributed by atoms with Gasteiger partial charge in [-0.1, -0.05) is 49.1 Å². The fourth-order valence-electron chi connectivity index (χ4n) is 4.48. The second kappa shape index (κ2) is 12.5. The van der Waals surface area contributed by atoms with E-state index in [1.807, 2.05) is 31.2 Å². The molecule has 0 heterocycles. The van der Waals surface area contributed by atoms with Crippen LogP contribution in [0.5, 0.6) is 0 Å². The average molecular weight is 533 g/mol. The van der Waals surface area contributed by atoms with Crippen molar-refractivity contribution >= 4 is 27.7 Å². The Bertz CT molecular complexity index is 1180. The normalized spacial score (nSPS) is 15.3. The number of halogens is 1. The highest BCUT2D eigenvalue weighted by Gasteiger charge is 2.33. The van der Waals surface area contributed by atoms with E-state index in [2.05, 4.69) is 5.32 Å². The predicted octanol–water partition coefficient (Wildman–Crippen LogP) is 3.61. The summed E-state index contributed by atoms with van der Waals surface area (Å²) in [5.74, 6) is -1.33. The van der Waals surface area contributed by atoms with E-state index in [1.54, 1.807) is 6.92 Å². The van der Waals surface area contributed by atoms with Crippen LogP contribution < -0.4 is 9.62 Å². The maximum atomic E-state index is 13.7. The largest absolute Gasteiger partial charge is 0.352 e. The van der Waals surface area contributed by atoms with E-state index >= 15 is 0 Å². The standard InChI is InChI=1S/C27H37FN4O4S/c1-20-9-8-10-22(17-20)18-31(21(2)27(34)29-24-11-6-5-7-12-24)26(33)19-32(37(35,36)30(3)4)25-15-13-23(28)14-16-25/h8-10,13-17,21,24H,5-7,11-12,18-19H2,1-4H3,(H,29,34)/t21-/m1/s1. The van der Waals surface area contributed by atoms with Gasteiger partial charge in [0.25, 0.3) is 0 Å². The first-order valence-electron chi connectivity index (χ1n) is 12.6. The molecule has 37 heavy (non-hydrogen) atoms. The fourth-order valence-corrected chi connectivity index (χ4v) is 5.54. The molecule has 8 nitrogen and oxygen atoms in total. The second-order valence-corrected chi connectivity index (χ2v) is 11.9. The number of benzene rings is 2. The lowest BCUT2D eigenvalue weighted by Gasteiger charge is -2.34. The Morgan fingerprint density at radius 2 is 1.70 bits per heavy atom. The maximum absolute atomic E-state index is 13.7. The highest BCUT2D eigenvalue weighted by atomic mass is 32.2. The van der Waals surface area contributed by atoms with E-state index in [4.69, 9.17) is 0 Å². The molecule has 0 spiro atoms. The predicted molar refractivity (Wildman–Crippen MR) is 143 cm³/mol. The number of carbonyl (C=O) groups is 2. The first-order chi connectivity index (χ1) is 17.5. The summed E-state index contributed by atoms with van der Waals surface area (Å²) in [6.07, 6.45) is 5.08. The van der Waals surface area contributed by atoms with Crippen LogP contribution in [0.25, 0.3) is 0 Å². The summed E-state index contributed by atoms with van der Waals surface area (Å²) in [4.78, 5) is 28.4. The van der Waals surface area contributed by atoms with Gasteiger partial charge in [0.1, 0.15) is 18.4 Å². The van der Waals surface area contributed by atoms with E-state index in [0.29, 0.717) is 0 Å². The van der Waals surface area contributed by atoms with Crippen molar-refractivity contribution in [1.82, 2.24) is 14.5 Å². The van der Waals surface area contributed by atoms with Gasteiger partial charge in [-0.05, 0) is 56.5 Å².